The quantitative estimate of drug-likeness (QED) is 0.888. The summed E-state index contributed by atoms with van der Waals surface area (Å²) in [5, 5.41) is 8.66. The molecule has 1 N–H and O–H groups in total. The third-order valence-electron chi connectivity index (χ3n) is 3.66. The zero-order chi connectivity index (χ0) is 15.4. The molecule has 0 amide bonds. The van der Waals surface area contributed by atoms with Gasteiger partial charge in [-0.2, -0.15) is 5.10 Å². The van der Waals surface area contributed by atoms with Crippen molar-refractivity contribution in [2.45, 2.75) is 26.3 Å². The average molecular weight is 308 g/mol. The van der Waals surface area contributed by atoms with Crippen LogP contribution in [-0.2, 0) is 7.05 Å². The highest BCUT2D eigenvalue weighted by atomic mass is 35.5. The lowest BCUT2D eigenvalue weighted by atomic mass is 9.98. The fourth-order valence-electron chi connectivity index (χ4n) is 2.49. The van der Waals surface area contributed by atoms with Gasteiger partial charge in [-0.15, -0.1) is 0 Å². The van der Waals surface area contributed by atoms with Gasteiger partial charge < -0.3 is 10.1 Å². The van der Waals surface area contributed by atoms with Crippen LogP contribution < -0.4 is 10.1 Å². The van der Waals surface area contributed by atoms with E-state index in [2.05, 4.69) is 23.4 Å². The summed E-state index contributed by atoms with van der Waals surface area (Å²) in [4.78, 5) is 0. The second-order valence-electron chi connectivity index (χ2n) is 5.06. The van der Waals surface area contributed by atoms with E-state index in [1.165, 1.54) is 0 Å². The van der Waals surface area contributed by atoms with Gasteiger partial charge in [0.25, 0.3) is 0 Å². The Morgan fingerprint density at radius 2 is 2.19 bits per heavy atom. The number of ether oxygens (including phenoxy) is 1. The summed E-state index contributed by atoms with van der Waals surface area (Å²) in [6.07, 6.45) is 2.80. The van der Waals surface area contributed by atoms with E-state index in [1.54, 1.807) is 13.3 Å². The van der Waals surface area contributed by atoms with Crippen LogP contribution >= 0.6 is 11.6 Å². The standard InChI is InChI=1S/C16H22ClN3O/c1-5-9-18-15(12-7-6-8-13(17)11(12)2)16-14(21-4)10-19-20(16)3/h6-8,10,15,18H,5,9H2,1-4H3. The van der Waals surface area contributed by atoms with Crippen LogP contribution in [0.4, 0.5) is 0 Å². The molecule has 0 radical (unpaired) electrons. The number of benzene rings is 1. The molecule has 0 saturated heterocycles. The summed E-state index contributed by atoms with van der Waals surface area (Å²) < 4.78 is 7.32. The van der Waals surface area contributed by atoms with Crippen molar-refractivity contribution >= 4 is 11.6 Å². The Labute approximate surface area is 131 Å². The molecule has 1 aromatic heterocycles. The summed E-state index contributed by atoms with van der Waals surface area (Å²) in [6.45, 7) is 5.10. The van der Waals surface area contributed by atoms with Gasteiger partial charge in [0.15, 0.2) is 5.75 Å². The minimum Gasteiger partial charge on any atom is -0.493 e. The molecule has 0 aliphatic carbocycles. The average Bonchev–Trinajstić information content (AvgIpc) is 2.85. The van der Waals surface area contributed by atoms with Gasteiger partial charge in [-0.1, -0.05) is 30.7 Å². The van der Waals surface area contributed by atoms with Crippen molar-refractivity contribution in [3.63, 3.8) is 0 Å². The number of methoxy groups -OCH3 is 1. The Bertz CT molecular complexity index is 610. The molecule has 0 fully saturated rings. The molecule has 4 nitrogen and oxygen atoms in total. The molecular formula is C16H22ClN3O. The van der Waals surface area contributed by atoms with E-state index in [1.807, 2.05) is 30.8 Å². The van der Waals surface area contributed by atoms with Crippen molar-refractivity contribution in [2.75, 3.05) is 13.7 Å². The first-order valence-electron chi connectivity index (χ1n) is 7.14. The highest BCUT2D eigenvalue weighted by Crippen LogP contribution is 2.33. The summed E-state index contributed by atoms with van der Waals surface area (Å²) in [5.41, 5.74) is 3.24. The van der Waals surface area contributed by atoms with Crippen molar-refractivity contribution in [3.05, 3.63) is 46.2 Å². The molecule has 114 valence electrons. The Balaban J connectivity index is 2.52. The predicted octanol–water partition coefficient (Wildman–Crippen LogP) is 3.48. The van der Waals surface area contributed by atoms with Crippen LogP contribution in [0.3, 0.4) is 0 Å². The number of aryl methyl sites for hydroxylation is 1. The predicted molar refractivity (Wildman–Crippen MR) is 86.1 cm³/mol. The zero-order valence-corrected chi connectivity index (χ0v) is 13.7. The van der Waals surface area contributed by atoms with Gasteiger partial charge in [0.1, 0.15) is 5.69 Å². The molecule has 1 atom stereocenters. The van der Waals surface area contributed by atoms with Crippen LogP contribution in [-0.4, -0.2) is 23.4 Å². The molecule has 0 saturated carbocycles. The molecule has 21 heavy (non-hydrogen) atoms. The molecule has 1 unspecified atom stereocenters. The van der Waals surface area contributed by atoms with Gasteiger partial charge in [0, 0.05) is 12.1 Å². The second-order valence-corrected chi connectivity index (χ2v) is 5.47. The molecule has 2 rings (SSSR count). The normalized spacial score (nSPS) is 12.4. The van der Waals surface area contributed by atoms with Crippen LogP contribution in [0.15, 0.2) is 24.4 Å². The molecule has 2 aromatic rings. The summed E-state index contributed by atoms with van der Waals surface area (Å²) in [5.74, 6) is 0.783. The van der Waals surface area contributed by atoms with Crippen molar-refractivity contribution in [2.24, 2.45) is 7.05 Å². The zero-order valence-electron chi connectivity index (χ0n) is 13.0. The van der Waals surface area contributed by atoms with Crippen molar-refractivity contribution in [1.82, 2.24) is 15.1 Å². The molecule has 0 spiro atoms. The SMILES string of the molecule is CCCNC(c1cccc(Cl)c1C)c1c(OC)cnn1C. The first kappa shape index (κ1) is 15.9. The monoisotopic (exact) mass is 307 g/mol. The number of rotatable bonds is 6. The minimum absolute atomic E-state index is 0.00565. The lowest BCUT2D eigenvalue weighted by Gasteiger charge is -2.22. The van der Waals surface area contributed by atoms with Crippen LogP contribution in [0.1, 0.15) is 36.2 Å². The molecule has 1 heterocycles. The van der Waals surface area contributed by atoms with E-state index in [4.69, 9.17) is 16.3 Å². The Kier molecular flexibility index (Phi) is 5.26. The Morgan fingerprint density at radius 3 is 2.86 bits per heavy atom. The van der Waals surface area contributed by atoms with Crippen LogP contribution in [0.2, 0.25) is 5.02 Å². The lowest BCUT2D eigenvalue weighted by molar-refractivity contribution is 0.400. The second kappa shape index (κ2) is 6.96. The maximum atomic E-state index is 6.29. The summed E-state index contributed by atoms with van der Waals surface area (Å²) in [7, 11) is 3.60. The third-order valence-corrected chi connectivity index (χ3v) is 4.07. The number of halogens is 1. The van der Waals surface area contributed by atoms with E-state index in [-0.39, 0.29) is 6.04 Å². The number of nitrogens with one attached hydrogen (secondary N) is 1. The first-order chi connectivity index (χ1) is 10.1. The molecular weight excluding hydrogens is 286 g/mol. The highest BCUT2D eigenvalue weighted by molar-refractivity contribution is 6.31. The van der Waals surface area contributed by atoms with Crippen molar-refractivity contribution < 1.29 is 4.74 Å². The molecule has 0 aliphatic heterocycles. The fraction of sp³-hybridized carbons (Fsp3) is 0.438. The third kappa shape index (κ3) is 3.22. The van der Waals surface area contributed by atoms with E-state index in [0.717, 1.165) is 40.6 Å². The minimum atomic E-state index is 0.00565. The fourth-order valence-corrected chi connectivity index (χ4v) is 2.67. The number of aromatic nitrogens is 2. The number of nitrogens with zero attached hydrogens (tertiary/aromatic N) is 2. The maximum absolute atomic E-state index is 6.29. The molecule has 5 heteroatoms. The van der Waals surface area contributed by atoms with E-state index in [0.29, 0.717) is 0 Å². The molecule has 0 aliphatic rings. The van der Waals surface area contributed by atoms with Gasteiger partial charge in [-0.05, 0) is 37.1 Å². The molecule has 0 bridgehead atoms. The van der Waals surface area contributed by atoms with Crippen molar-refractivity contribution in [3.8, 4) is 5.75 Å². The summed E-state index contributed by atoms with van der Waals surface area (Å²) >= 11 is 6.29. The smallest absolute Gasteiger partial charge is 0.161 e. The maximum Gasteiger partial charge on any atom is 0.161 e. The van der Waals surface area contributed by atoms with Gasteiger partial charge >= 0.3 is 0 Å². The largest absolute Gasteiger partial charge is 0.493 e. The van der Waals surface area contributed by atoms with Crippen LogP contribution in [0.5, 0.6) is 5.75 Å². The first-order valence-corrected chi connectivity index (χ1v) is 7.52. The van der Waals surface area contributed by atoms with E-state index >= 15 is 0 Å². The van der Waals surface area contributed by atoms with Gasteiger partial charge in [0.2, 0.25) is 0 Å². The number of hydrogen-bond donors (Lipinski definition) is 1. The highest BCUT2D eigenvalue weighted by Gasteiger charge is 2.23. The Morgan fingerprint density at radius 1 is 1.43 bits per heavy atom. The lowest BCUT2D eigenvalue weighted by Crippen LogP contribution is -2.26. The van der Waals surface area contributed by atoms with Gasteiger partial charge in [-0.3, -0.25) is 4.68 Å². The van der Waals surface area contributed by atoms with Gasteiger partial charge in [-0.25, -0.2) is 0 Å². The molecule has 1 aromatic carbocycles. The van der Waals surface area contributed by atoms with Crippen LogP contribution in [0, 0.1) is 6.92 Å². The van der Waals surface area contributed by atoms with Crippen molar-refractivity contribution in [1.29, 1.82) is 0 Å². The van der Waals surface area contributed by atoms with Crippen LogP contribution in [0.25, 0.3) is 0 Å². The van der Waals surface area contributed by atoms with E-state index in [9.17, 15) is 0 Å². The number of hydrogen-bond acceptors (Lipinski definition) is 3. The topological polar surface area (TPSA) is 39.1 Å². The van der Waals surface area contributed by atoms with E-state index < -0.39 is 0 Å². The Hall–Kier alpha value is -1.52. The van der Waals surface area contributed by atoms with Gasteiger partial charge in [0.05, 0.1) is 19.3 Å². The summed E-state index contributed by atoms with van der Waals surface area (Å²) in [6, 6.07) is 6.00.